The van der Waals surface area contributed by atoms with E-state index in [4.69, 9.17) is 4.74 Å². The van der Waals surface area contributed by atoms with Gasteiger partial charge >= 0.3 is 0 Å². The van der Waals surface area contributed by atoms with E-state index in [1.165, 1.54) is 0 Å². The van der Waals surface area contributed by atoms with Crippen molar-refractivity contribution < 1.29 is 14.3 Å². The maximum Gasteiger partial charge on any atom is 0.255 e. The van der Waals surface area contributed by atoms with Gasteiger partial charge in [-0.25, -0.2) is 4.98 Å². The first-order chi connectivity index (χ1) is 12.6. The number of piperidine rings is 1. The molecule has 7 nitrogen and oxygen atoms in total. The summed E-state index contributed by atoms with van der Waals surface area (Å²) in [5.41, 5.74) is 2.55. The highest BCUT2D eigenvalue weighted by atomic mass is 16.5. The molecule has 2 heterocycles. The molecule has 0 radical (unpaired) electrons. The minimum absolute atomic E-state index is 0.0157. The lowest BCUT2D eigenvalue weighted by atomic mass is 10.0. The van der Waals surface area contributed by atoms with Crippen LogP contribution in [0.3, 0.4) is 0 Å². The van der Waals surface area contributed by atoms with E-state index in [0.717, 1.165) is 24.1 Å². The average Bonchev–Trinajstić information content (AvgIpc) is 3.20. The summed E-state index contributed by atoms with van der Waals surface area (Å²) in [4.78, 5) is 30.3. The number of aromatic nitrogens is 2. The molecule has 0 bridgehead atoms. The first-order valence-corrected chi connectivity index (χ1v) is 8.79. The number of nitrogens with zero attached hydrogens (tertiary/aromatic N) is 3. The van der Waals surface area contributed by atoms with Crippen molar-refractivity contribution in [3.05, 3.63) is 48.0 Å². The van der Waals surface area contributed by atoms with Gasteiger partial charge in [0, 0.05) is 32.5 Å². The molecule has 0 spiro atoms. The van der Waals surface area contributed by atoms with Crippen LogP contribution in [-0.2, 0) is 9.53 Å². The van der Waals surface area contributed by atoms with Crippen LogP contribution in [0.15, 0.2) is 36.9 Å². The van der Waals surface area contributed by atoms with Gasteiger partial charge < -0.3 is 19.5 Å². The zero-order valence-corrected chi connectivity index (χ0v) is 15.1. The predicted molar refractivity (Wildman–Crippen MR) is 97.2 cm³/mol. The third kappa shape index (κ3) is 4.11. The maximum atomic E-state index is 13.1. The largest absolute Gasteiger partial charge is 0.368 e. The highest BCUT2D eigenvalue weighted by molar-refractivity contribution is 5.98. The number of likely N-dealkylation sites (N-methyl/N-ethyl adjacent to an activating group) is 1. The zero-order chi connectivity index (χ0) is 18.5. The fraction of sp³-hybridized carbons (Fsp3) is 0.421. The molecular weight excluding hydrogens is 332 g/mol. The highest BCUT2D eigenvalue weighted by Gasteiger charge is 2.26. The Labute approximate surface area is 153 Å². The third-order valence-electron chi connectivity index (χ3n) is 4.62. The van der Waals surface area contributed by atoms with Gasteiger partial charge in [0.05, 0.1) is 23.7 Å². The van der Waals surface area contributed by atoms with Crippen LogP contribution < -0.4 is 5.32 Å². The van der Waals surface area contributed by atoms with Crippen LogP contribution in [-0.4, -0.2) is 59.1 Å². The fourth-order valence-corrected chi connectivity index (χ4v) is 3.11. The molecule has 3 rings (SSSR count). The Kier molecular flexibility index (Phi) is 5.68. The lowest BCUT2D eigenvalue weighted by Crippen LogP contribution is -2.42. The third-order valence-corrected chi connectivity index (χ3v) is 4.62. The maximum absolute atomic E-state index is 13.1. The normalized spacial score (nSPS) is 15.1. The fourth-order valence-electron chi connectivity index (χ4n) is 3.11. The molecule has 0 aliphatic carbocycles. The molecule has 1 aliphatic rings. The molecule has 1 saturated heterocycles. The Hall–Kier alpha value is -2.67. The number of rotatable bonds is 5. The predicted octanol–water partition coefficient (Wildman–Crippen LogP) is 1.55. The smallest absolute Gasteiger partial charge is 0.255 e. The van der Waals surface area contributed by atoms with Crippen molar-refractivity contribution >= 4 is 11.8 Å². The molecule has 1 aromatic carbocycles. The zero-order valence-electron chi connectivity index (χ0n) is 15.1. The number of likely N-dealkylation sites (tertiary alicyclic amines) is 1. The molecule has 1 aromatic heterocycles. The van der Waals surface area contributed by atoms with Crippen LogP contribution >= 0.6 is 0 Å². The summed E-state index contributed by atoms with van der Waals surface area (Å²) in [7, 11) is 1.59. The van der Waals surface area contributed by atoms with E-state index in [0.29, 0.717) is 18.7 Å². The van der Waals surface area contributed by atoms with Crippen LogP contribution in [0.4, 0.5) is 0 Å². The standard InChI is InChI=1S/C19H24N4O3/c1-14-3-4-17(23-10-7-21-13-23)16(11-14)19(25)22-8-5-15(6-9-22)26-12-18(24)20-2/h3-4,7,10-11,13,15H,5-6,8-9,12H2,1-2H3,(H,20,24). The van der Waals surface area contributed by atoms with Crippen LogP contribution in [0, 0.1) is 6.92 Å². The molecule has 26 heavy (non-hydrogen) atoms. The number of hydrogen-bond donors (Lipinski definition) is 1. The lowest BCUT2D eigenvalue weighted by Gasteiger charge is -2.32. The van der Waals surface area contributed by atoms with Gasteiger partial charge in [-0.05, 0) is 31.9 Å². The SMILES string of the molecule is CNC(=O)COC1CCN(C(=O)c2cc(C)ccc2-n2ccnc2)CC1. The summed E-state index contributed by atoms with van der Waals surface area (Å²) in [6.45, 7) is 3.29. The molecule has 0 saturated carbocycles. The molecule has 1 N–H and O–H groups in total. The van der Waals surface area contributed by atoms with Crippen molar-refractivity contribution in [3.8, 4) is 5.69 Å². The van der Waals surface area contributed by atoms with Crippen molar-refractivity contribution in [1.82, 2.24) is 19.8 Å². The highest BCUT2D eigenvalue weighted by Crippen LogP contribution is 2.21. The van der Waals surface area contributed by atoms with E-state index < -0.39 is 0 Å². The number of benzene rings is 1. The Morgan fingerprint density at radius 1 is 1.31 bits per heavy atom. The van der Waals surface area contributed by atoms with Gasteiger partial charge in [-0.2, -0.15) is 0 Å². The Morgan fingerprint density at radius 2 is 2.08 bits per heavy atom. The second-order valence-corrected chi connectivity index (χ2v) is 6.47. The Bertz CT molecular complexity index is 765. The van der Waals surface area contributed by atoms with E-state index in [-0.39, 0.29) is 24.5 Å². The number of ether oxygens (including phenoxy) is 1. The number of amides is 2. The number of carbonyl (C=O) groups is 2. The van der Waals surface area contributed by atoms with E-state index >= 15 is 0 Å². The first kappa shape index (κ1) is 18.1. The van der Waals surface area contributed by atoms with E-state index in [9.17, 15) is 9.59 Å². The number of carbonyl (C=O) groups excluding carboxylic acids is 2. The van der Waals surface area contributed by atoms with Gasteiger partial charge in [0.15, 0.2) is 0 Å². The van der Waals surface area contributed by atoms with Gasteiger partial charge in [0.25, 0.3) is 5.91 Å². The number of nitrogens with one attached hydrogen (secondary N) is 1. The molecule has 1 fully saturated rings. The van der Waals surface area contributed by atoms with Crippen molar-refractivity contribution in [2.75, 3.05) is 26.7 Å². The number of imidazole rings is 1. The van der Waals surface area contributed by atoms with Crippen LogP contribution in [0.5, 0.6) is 0 Å². The van der Waals surface area contributed by atoms with E-state index in [1.54, 1.807) is 19.6 Å². The minimum Gasteiger partial charge on any atom is -0.368 e. The van der Waals surface area contributed by atoms with Crippen molar-refractivity contribution in [2.24, 2.45) is 0 Å². The summed E-state index contributed by atoms with van der Waals surface area (Å²) < 4.78 is 7.46. The second kappa shape index (κ2) is 8.14. The van der Waals surface area contributed by atoms with Crippen LogP contribution in [0.25, 0.3) is 5.69 Å². The van der Waals surface area contributed by atoms with Gasteiger partial charge in [0.1, 0.15) is 6.61 Å². The van der Waals surface area contributed by atoms with Gasteiger partial charge in [-0.3, -0.25) is 9.59 Å². The molecule has 0 unspecified atom stereocenters. The van der Waals surface area contributed by atoms with Crippen molar-refractivity contribution in [3.63, 3.8) is 0 Å². The van der Waals surface area contributed by atoms with E-state index in [2.05, 4.69) is 10.3 Å². The summed E-state index contributed by atoms with van der Waals surface area (Å²) in [5.74, 6) is -0.115. The number of hydrogen-bond acceptors (Lipinski definition) is 4. The quantitative estimate of drug-likeness (QED) is 0.882. The molecule has 138 valence electrons. The summed E-state index contributed by atoms with van der Waals surface area (Å²) in [6.07, 6.45) is 6.70. The van der Waals surface area contributed by atoms with Crippen molar-refractivity contribution in [2.45, 2.75) is 25.9 Å². The molecule has 2 aromatic rings. The van der Waals surface area contributed by atoms with Crippen LogP contribution in [0.1, 0.15) is 28.8 Å². The molecule has 1 aliphatic heterocycles. The Morgan fingerprint density at radius 3 is 2.73 bits per heavy atom. The first-order valence-electron chi connectivity index (χ1n) is 8.79. The Balaban J connectivity index is 1.68. The monoisotopic (exact) mass is 356 g/mol. The minimum atomic E-state index is -0.131. The molecule has 0 atom stereocenters. The van der Waals surface area contributed by atoms with Crippen molar-refractivity contribution in [1.29, 1.82) is 0 Å². The van der Waals surface area contributed by atoms with Gasteiger partial charge in [0.2, 0.25) is 5.91 Å². The molecular formula is C19H24N4O3. The average molecular weight is 356 g/mol. The molecule has 7 heteroatoms. The van der Waals surface area contributed by atoms with Crippen LogP contribution in [0.2, 0.25) is 0 Å². The van der Waals surface area contributed by atoms with Gasteiger partial charge in [-0.15, -0.1) is 0 Å². The van der Waals surface area contributed by atoms with E-state index in [1.807, 2.05) is 40.8 Å². The van der Waals surface area contributed by atoms with Gasteiger partial charge in [-0.1, -0.05) is 11.6 Å². The lowest BCUT2D eigenvalue weighted by molar-refractivity contribution is -0.128. The summed E-state index contributed by atoms with van der Waals surface area (Å²) in [6, 6.07) is 5.86. The summed E-state index contributed by atoms with van der Waals surface area (Å²) >= 11 is 0. The summed E-state index contributed by atoms with van der Waals surface area (Å²) in [5, 5.41) is 2.54. The topological polar surface area (TPSA) is 76.5 Å². The molecule has 2 amide bonds. The second-order valence-electron chi connectivity index (χ2n) is 6.47. The number of aryl methyl sites for hydroxylation is 1.